The van der Waals surface area contributed by atoms with Crippen LogP contribution in [-0.4, -0.2) is 33.6 Å². The monoisotopic (exact) mass is 414 g/mol. The Labute approximate surface area is 171 Å². The molecule has 0 bridgehead atoms. The van der Waals surface area contributed by atoms with Crippen LogP contribution in [0.3, 0.4) is 0 Å². The second-order valence-electron chi connectivity index (χ2n) is 7.37. The van der Waals surface area contributed by atoms with E-state index in [1.165, 1.54) is 6.20 Å². The van der Waals surface area contributed by atoms with Gasteiger partial charge in [0.1, 0.15) is 5.56 Å². The molecule has 3 N–H and O–H groups in total. The zero-order valence-corrected chi connectivity index (χ0v) is 16.3. The van der Waals surface area contributed by atoms with E-state index in [1.807, 2.05) is 13.0 Å². The van der Waals surface area contributed by atoms with Crippen LogP contribution in [0.15, 0.2) is 30.6 Å². The number of nitrogens with one attached hydrogen (secondary N) is 3. The van der Waals surface area contributed by atoms with Crippen LogP contribution < -0.4 is 10.6 Å². The second kappa shape index (κ2) is 7.95. The largest absolute Gasteiger partial charge is 0.419 e. The van der Waals surface area contributed by atoms with Gasteiger partial charge in [0.25, 0.3) is 0 Å². The summed E-state index contributed by atoms with van der Waals surface area (Å²) in [7, 11) is 0. The van der Waals surface area contributed by atoms with E-state index in [0.29, 0.717) is 22.0 Å². The maximum Gasteiger partial charge on any atom is 0.419 e. The third kappa shape index (κ3) is 3.83. The van der Waals surface area contributed by atoms with Gasteiger partial charge in [-0.2, -0.15) is 18.4 Å². The number of aromatic nitrogens is 3. The van der Waals surface area contributed by atoms with Crippen LogP contribution in [0.1, 0.15) is 37.3 Å². The summed E-state index contributed by atoms with van der Waals surface area (Å²) in [6.45, 7) is 2.85. The molecule has 0 saturated heterocycles. The molecule has 1 aliphatic carbocycles. The van der Waals surface area contributed by atoms with Crippen LogP contribution in [-0.2, 0) is 6.18 Å². The molecule has 6 nitrogen and oxygen atoms in total. The van der Waals surface area contributed by atoms with Gasteiger partial charge in [0.2, 0.25) is 5.95 Å². The van der Waals surface area contributed by atoms with E-state index >= 15 is 0 Å². The van der Waals surface area contributed by atoms with Crippen molar-refractivity contribution >= 4 is 16.9 Å². The van der Waals surface area contributed by atoms with Crippen LogP contribution in [0.5, 0.6) is 0 Å². The van der Waals surface area contributed by atoms with Crippen molar-refractivity contribution in [3.8, 4) is 17.3 Å². The summed E-state index contributed by atoms with van der Waals surface area (Å²) in [5.41, 5.74) is 0.241. The summed E-state index contributed by atoms with van der Waals surface area (Å²) < 4.78 is 41.1. The number of nitrogens with zero attached hydrogens (tertiary/aromatic N) is 3. The van der Waals surface area contributed by atoms with E-state index in [0.717, 1.165) is 32.0 Å². The molecule has 156 valence electrons. The molecule has 0 unspecified atom stereocenters. The van der Waals surface area contributed by atoms with Crippen molar-refractivity contribution in [1.82, 2.24) is 20.3 Å². The normalized spacial score (nSPS) is 19.2. The lowest BCUT2D eigenvalue weighted by Crippen LogP contribution is -2.40. The van der Waals surface area contributed by atoms with Gasteiger partial charge in [-0.05, 0) is 37.9 Å². The highest BCUT2D eigenvalue weighted by Crippen LogP contribution is 2.39. The Morgan fingerprint density at radius 1 is 1.27 bits per heavy atom. The summed E-state index contributed by atoms with van der Waals surface area (Å²) in [6.07, 6.45) is 0.675. The van der Waals surface area contributed by atoms with Crippen LogP contribution in [0.2, 0.25) is 0 Å². The van der Waals surface area contributed by atoms with Gasteiger partial charge in [-0.15, -0.1) is 0 Å². The van der Waals surface area contributed by atoms with Crippen molar-refractivity contribution in [2.24, 2.45) is 0 Å². The Morgan fingerprint density at radius 2 is 2.07 bits per heavy atom. The van der Waals surface area contributed by atoms with Crippen LogP contribution >= 0.6 is 0 Å². The lowest BCUT2D eigenvalue weighted by Gasteiger charge is -2.22. The molecule has 30 heavy (non-hydrogen) atoms. The molecule has 3 aromatic rings. The Kier molecular flexibility index (Phi) is 5.35. The first-order valence-electron chi connectivity index (χ1n) is 9.86. The minimum atomic E-state index is -4.59. The van der Waals surface area contributed by atoms with Crippen molar-refractivity contribution in [3.63, 3.8) is 0 Å². The molecule has 0 aliphatic heterocycles. The highest BCUT2D eigenvalue weighted by molar-refractivity contribution is 5.96. The first-order chi connectivity index (χ1) is 14.4. The standard InChI is InChI=1S/C21H21F3N6/c1-2-26-16-4-3-5-17(16)29-20-28-11-15(21(22,23)24)19(30-20)14-10-27-18-8-12(9-25)6-7-13(14)18/h6-8,10-11,16-17,26-27H,2-5H2,1H3,(H,28,29,30)/t16-,17-/m0/s1. The molecule has 2 aromatic heterocycles. The SMILES string of the molecule is CCN[C@H]1CCC[C@@H]1Nc1ncc(C(F)(F)F)c(-c2c[nH]c3cc(C#N)ccc23)n1. The predicted molar refractivity (Wildman–Crippen MR) is 108 cm³/mol. The predicted octanol–water partition coefficient (Wildman–Crippen LogP) is 4.46. The number of fused-ring (bicyclic) bond motifs is 1. The minimum absolute atomic E-state index is 0.0655. The lowest BCUT2D eigenvalue weighted by atomic mass is 10.0. The number of likely N-dealkylation sites (N-methyl/N-ethyl adjacent to an activating group) is 1. The van der Waals surface area contributed by atoms with Crippen LogP contribution in [0.4, 0.5) is 19.1 Å². The Morgan fingerprint density at radius 3 is 2.80 bits per heavy atom. The molecular weight excluding hydrogens is 393 g/mol. The first-order valence-corrected chi connectivity index (χ1v) is 9.86. The van der Waals surface area contributed by atoms with Crippen molar-refractivity contribution in [1.29, 1.82) is 5.26 Å². The summed E-state index contributed by atoms with van der Waals surface area (Å²) in [5, 5.41) is 16.2. The topological polar surface area (TPSA) is 89.4 Å². The fourth-order valence-corrected chi connectivity index (χ4v) is 4.06. The number of rotatable bonds is 5. The Hall–Kier alpha value is -3.12. The van der Waals surface area contributed by atoms with E-state index in [2.05, 4.69) is 25.6 Å². The maximum atomic E-state index is 13.7. The van der Waals surface area contributed by atoms with Crippen LogP contribution in [0.25, 0.3) is 22.2 Å². The fraction of sp³-hybridized carbons (Fsp3) is 0.381. The van der Waals surface area contributed by atoms with Crippen LogP contribution in [0, 0.1) is 11.3 Å². The summed E-state index contributed by atoms with van der Waals surface area (Å²) in [6, 6.07) is 7.14. The number of alkyl halides is 3. The number of halogens is 3. The van der Waals surface area contributed by atoms with E-state index in [1.54, 1.807) is 18.2 Å². The molecule has 1 fully saturated rings. The molecule has 2 heterocycles. The molecule has 9 heteroatoms. The van der Waals surface area contributed by atoms with E-state index < -0.39 is 11.7 Å². The third-order valence-corrected chi connectivity index (χ3v) is 5.46. The van der Waals surface area contributed by atoms with Gasteiger partial charge in [-0.1, -0.05) is 13.0 Å². The van der Waals surface area contributed by atoms with Gasteiger partial charge < -0.3 is 15.6 Å². The first kappa shape index (κ1) is 20.2. The number of hydrogen-bond acceptors (Lipinski definition) is 5. The second-order valence-corrected chi connectivity index (χ2v) is 7.37. The molecule has 2 atom stereocenters. The molecule has 0 radical (unpaired) electrons. The van der Waals surface area contributed by atoms with Crippen molar-refractivity contribution in [2.45, 2.75) is 44.4 Å². The third-order valence-electron chi connectivity index (χ3n) is 5.46. The Bertz CT molecular complexity index is 1100. The fourth-order valence-electron chi connectivity index (χ4n) is 4.06. The zero-order chi connectivity index (χ0) is 21.3. The number of benzene rings is 1. The van der Waals surface area contributed by atoms with Gasteiger partial charge in [-0.3, -0.25) is 0 Å². The molecular formula is C21H21F3N6. The number of anilines is 1. The summed E-state index contributed by atoms with van der Waals surface area (Å²) >= 11 is 0. The molecule has 0 spiro atoms. The van der Waals surface area contributed by atoms with Crippen molar-refractivity contribution in [3.05, 3.63) is 41.7 Å². The highest BCUT2D eigenvalue weighted by atomic mass is 19.4. The zero-order valence-electron chi connectivity index (χ0n) is 16.3. The van der Waals surface area contributed by atoms with E-state index in [4.69, 9.17) is 5.26 Å². The summed E-state index contributed by atoms with van der Waals surface area (Å²) in [5.74, 6) is 0.177. The Balaban J connectivity index is 1.76. The number of hydrogen-bond donors (Lipinski definition) is 3. The molecule has 1 aromatic carbocycles. The van der Waals surface area contributed by atoms with Crippen molar-refractivity contribution in [2.75, 3.05) is 11.9 Å². The quantitative estimate of drug-likeness (QED) is 0.574. The minimum Gasteiger partial charge on any atom is -0.360 e. The number of H-pyrrole nitrogens is 1. The number of nitriles is 1. The van der Waals surface area contributed by atoms with E-state index in [-0.39, 0.29) is 23.7 Å². The summed E-state index contributed by atoms with van der Waals surface area (Å²) in [4.78, 5) is 11.2. The van der Waals surface area contributed by atoms with Gasteiger partial charge in [0.15, 0.2) is 0 Å². The maximum absolute atomic E-state index is 13.7. The van der Waals surface area contributed by atoms with Gasteiger partial charge >= 0.3 is 6.18 Å². The van der Waals surface area contributed by atoms with Gasteiger partial charge in [0, 0.05) is 40.9 Å². The average molecular weight is 414 g/mol. The van der Waals surface area contributed by atoms with E-state index in [9.17, 15) is 13.2 Å². The molecule has 1 aliphatic rings. The van der Waals surface area contributed by atoms with Crippen molar-refractivity contribution < 1.29 is 13.2 Å². The average Bonchev–Trinajstić information content (AvgIpc) is 3.33. The lowest BCUT2D eigenvalue weighted by molar-refractivity contribution is -0.137. The number of aromatic amines is 1. The smallest absolute Gasteiger partial charge is 0.360 e. The molecule has 4 rings (SSSR count). The highest BCUT2D eigenvalue weighted by Gasteiger charge is 2.36. The molecule has 1 saturated carbocycles. The van der Waals surface area contributed by atoms with Gasteiger partial charge in [0.05, 0.1) is 17.3 Å². The molecule has 0 amide bonds. The van der Waals surface area contributed by atoms with Gasteiger partial charge in [-0.25, -0.2) is 9.97 Å².